The number of aromatic nitrogens is 1. The molecular weight excluding hydrogens is 236 g/mol. The summed E-state index contributed by atoms with van der Waals surface area (Å²) in [5.41, 5.74) is 6.39. The van der Waals surface area contributed by atoms with Crippen LogP contribution in [0.2, 0.25) is 0 Å². The molecule has 0 amide bonds. The molecule has 0 saturated heterocycles. The second-order valence-electron chi connectivity index (χ2n) is 5.60. The first-order chi connectivity index (χ1) is 9.19. The molecule has 0 aliphatic heterocycles. The summed E-state index contributed by atoms with van der Waals surface area (Å²) in [5, 5.41) is 12.2. The molecule has 4 nitrogen and oxygen atoms in total. The largest absolute Gasteiger partial charge is 0.396 e. The summed E-state index contributed by atoms with van der Waals surface area (Å²) >= 11 is 0. The smallest absolute Gasteiger partial charge is 0.165 e. The predicted molar refractivity (Wildman–Crippen MR) is 77.6 cm³/mol. The summed E-state index contributed by atoms with van der Waals surface area (Å²) in [6, 6.07) is 5.57. The van der Waals surface area contributed by atoms with Crippen molar-refractivity contribution in [2.45, 2.75) is 39.0 Å². The lowest BCUT2D eigenvalue weighted by Crippen LogP contribution is -2.17. The fraction of sp³-hybridized carbons (Fsp3) is 0.600. The van der Waals surface area contributed by atoms with Crippen molar-refractivity contribution in [1.82, 2.24) is 4.98 Å². The van der Waals surface area contributed by atoms with Gasteiger partial charge >= 0.3 is 0 Å². The zero-order chi connectivity index (χ0) is 13.7. The van der Waals surface area contributed by atoms with Crippen molar-refractivity contribution in [3.05, 3.63) is 17.8 Å². The Morgan fingerprint density at radius 2 is 2.32 bits per heavy atom. The molecule has 102 valence electrons. The van der Waals surface area contributed by atoms with E-state index in [1.165, 1.54) is 32.1 Å². The van der Waals surface area contributed by atoms with Crippen LogP contribution in [0.15, 0.2) is 12.1 Å². The molecular formula is C15H22N4. The molecule has 2 rings (SSSR count). The maximum atomic E-state index is 8.88. The van der Waals surface area contributed by atoms with Crippen LogP contribution in [0.5, 0.6) is 0 Å². The van der Waals surface area contributed by atoms with E-state index in [1.807, 2.05) is 12.1 Å². The highest BCUT2D eigenvalue weighted by atomic mass is 15.0. The standard InChI is InChI=1S/C15H22N4/c1-11-3-2-4-12(9-11)7-8-18-15-6-5-13(17)14(10-16)19-15/h5-6,11-12H,2-4,7-9,17H2,1H3,(H,18,19). The van der Waals surface area contributed by atoms with Crippen LogP contribution < -0.4 is 11.1 Å². The van der Waals surface area contributed by atoms with Crippen LogP contribution in [-0.4, -0.2) is 11.5 Å². The summed E-state index contributed by atoms with van der Waals surface area (Å²) in [4.78, 5) is 4.19. The van der Waals surface area contributed by atoms with Gasteiger partial charge in [-0.15, -0.1) is 0 Å². The van der Waals surface area contributed by atoms with E-state index in [9.17, 15) is 0 Å². The van der Waals surface area contributed by atoms with Gasteiger partial charge in [-0.25, -0.2) is 4.98 Å². The third kappa shape index (κ3) is 3.85. The Morgan fingerprint density at radius 1 is 1.47 bits per heavy atom. The van der Waals surface area contributed by atoms with E-state index >= 15 is 0 Å². The summed E-state index contributed by atoms with van der Waals surface area (Å²) in [5.74, 6) is 2.45. The first-order valence-corrected chi connectivity index (χ1v) is 7.09. The van der Waals surface area contributed by atoms with Gasteiger partial charge in [0.2, 0.25) is 0 Å². The quantitative estimate of drug-likeness (QED) is 0.869. The molecule has 0 bridgehead atoms. The average molecular weight is 258 g/mol. The Kier molecular flexibility index (Phi) is 4.62. The number of nitrogens with zero attached hydrogens (tertiary/aromatic N) is 2. The van der Waals surface area contributed by atoms with Gasteiger partial charge in [-0.05, 0) is 36.8 Å². The fourth-order valence-electron chi connectivity index (χ4n) is 2.88. The minimum atomic E-state index is 0.302. The lowest BCUT2D eigenvalue weighted by molar-refractivity contribution is 0.274. The van der Waals surface area contributed by atoms with E-state index in [1.54, 1.807) is 6.07 Å². The minimum Gasteiger partial charge on any atom is -0.396 e. The SMILES string of the molecule is CC1CCCC(CCNc2ccc(N)c(C#N)n2)C1. The highest BCUT2D eigenvalue weighted by Gasteiger charge is 2.18. The Bertz CT molecular complexity index is 464. The molecule has 19 heavy (non-hydrogen) atoms. The van der Waals surface area contributed by atoms with E-state index in [-0.39, 0.29) is 0 Å². The number of nitrogens with one attached hydrogen (secondary N) is 1. The number of hydrogen-bond acceptors (Lipinski definition) is 4. The zero-order valence-electron chi connectivity index (χ0n) is 11.5. The third-order valence-corrected chi connectivity index (χ3v) is 3.94. The Hall–Kier alpha value is -1.76. The van der Waals surface area contributed by atoms with Gasteiger partial charge in [0.1, 0.15) is 11.9 Å². The summed E-state index contributed by atoms with van der Waals surface area (Å²) in [7, 11) is 0. The summed E-state index contributed by atoms with van der Waals surface area (Å²) < 4.78 is 0. The van der Waals surface area contributed by atoms with Gasteiger partial charge < -0.3 is 11.1 Å². The molecule has 1 aliphatic carbocycles. The van der Waals surface area contributed by atoms with E-state index in [0.29, 0.717) is 11.4 Å². The molecule has 3 N–H and O–H groups in total. The van der Waals surface area contributed by atoms with Crippen LogP contribution in [0.1, 0.15) is 44.7 Å². The van der Waals surface area contributed by atoms with Gasteiger partial charge in [-0.2, -0.15) is 5.26 Å². The van der Waals surface area contributed by atoms with Crippen LogP contribution in [-0.2, 0) is 0 Å². The highest BCUT2D eigenvalue weighted by molar-refractivity contribution is 5.54. The van der Waals surface area contributed by atoms with E-state index in [0.717, 1.165) is 24.2 Å². The van der Waals surface area contributed by atoms with Crippen molar-refractivity contribution in [3.63, 3.8) is 0 Å². The van der Waals surface area contributed by atoms with Gasteiger partial charge in [-0.3, -0.25) is 0 Å². The molecule has 2 unspecified atom stereocenters. The van der Waals surface area contributed by atoms with Crippen LogP contribution in [0.4, 0.5) is 11.5 Å². The van der Waals surface area contributed by atoms with Crippen molar-refractivity contribution in [3.8, 4) is 6.07 Å². The average Bonchev–Trinajstić information content (AvgIpc) is 2.41. The molecule has 0 aromatic carbocycles. The van der Waals surface area contributed by atoms with Gasteiger partial charge in [0.25, 0.3) is 0 Å². The third-order valence-electron chi connectivity index (χ3n) is 3.94. The Balaban J connectivity index is 1.81. The highest BCUT2D eigenvalue weighted by Crippen LogP contribution is 2.30. The summed E-state index contributed by atoms with van der Waals surface area (Å²) in [6.45, 7) is 3.26. The predicted octanol–water partition coefficient (Wildman–Crippen LogP) is 3.16. The first-order valence-electron chi connectivity index (χ1n) is 7.09. The first kappa shape index (κ1) is 13.7. The molecule has 0 spiro atoms. The molecule has 1 aliphatic rings. The second kappa shape index (κ2) is 6.42. The van der Waals surface area contributed by atoms with E-state index < -0.39 is 0 Å². The Morgan fingerprint density at radius 3 is 3.05 bits per heavy atom. The number of nitrogens with two attached hydrogens (primary N) is 1. The van der Waals surface area contributed by atoms with Crippen molar-refractivity contribution < 1.29 is 0 Å². The van der Waals surface area contributed by atoms with Crippen molar-refractivity contribution in [1.29, 1.82) is 5.26 Å². The molecule has 2 atom stereocenters. The van der Waals surface area contributed by atoms with E-state index in [2.05, 4.69) is 17.2 Å². The molecule has 1 aromatic rings. The number of hydrogen-bond donors (Lipinski definition) is 2. The van der Waals surface area contributed by atoms with Crippen molar-refractivity contribution in [2.24, 2.45) is 11.8 Å². The Labute approximate surface area is 115 Å². The molecule has 4 heteroatoms. The molecule has 1 saturated carbocycles. The maximum Gasteiger partial charge on any atom is 0.165 e. The van der Waals surface area contributed by atoms with Gasteiger partial charge in [0, 0.05) is 6.54 Å². The number of nitriles is 1. The number of anilines is 2. The lowest BCUT2D eigenvalue weighted by atomic mass is 9.81. The number of nitrogen functional groups attached to an aromatic ring is 1. The maximum absolute atomic E-state index is 8.88. The molecule has 1 aromatic heterocycles. The van der Waals surface area contributed by atoms with Crippen molar-refractivity contribution >= 4 is 11.5 Å². The number of rotatable bonds is 4. The van der Waals surface area contributed by atoms with Crippen LogP contribution >= 0.6 is 0 Å². The van der Waals surface area contributed by atoms with Crippen LogP contribution in [0.3, 0.4) is 0 Å². The van der Waals surface area contributed by atoms with E-state index in [4.69, 9.17) is 11.0 Å². The molecule has 0 radical (unpaired) electrons. The van der Waals surface area contributed by atoms with Crippen molar-refractivity contribution in [2.75, 3.05) is 17.6 Å². The zero-order valence-corrected chi connectivity index (χ0v) is 11.5. The van der Waals surface area contributed by atoms with Gasteiger partial charge in [0.15, 0.2) is 5.69 Å². The van der Waals surface area contributed by atoms with Gasteiger partial charge in [-0.1, -0.05) is 26.2 Å². The van der Waals surface area contributed by atoms with Gasteiger partial charge in [0.05, 0.1) is 5.69 Å². The monoisotopic (exact) mass is 258 g/mol. The molecule has 1 heterocycles. The lowest BCUT2D eigenvalue weighted by Gasteiger charge is -2.26. The van der Waals surface area contributed by atoms with Crippen LogP contribution in [0.25, 0.3) is 0 Å². The second-order valence-corrected chi connectivity index (χ2v) is 5.60. The summed E-state index contributed by atoms with van der Waals surface area (Å²) in [6.07, 6.45) is 6.63. The normalized spacial score (nSPS) is 22.7. The minimum absolute atomic E-state index is 0.302. The number of pyridine rings is 1. The van der Waals surface area contributed by atoms with Crippen LogP contribution in [0, 0.1) is 23.2 Å². The fourth-order valence-corrected chi connectivity index (χ4v) is 2.88. The molecule has 1 fully saturated rings. The topological polar surface area (TPSA) is 74.7 Å².